The molecule has 1 aliphatic heterocycles. The van der Waals surface area contributed by atoms with Gasteiger partial charge in [-0.15, -0.1) is 0 Å². The summed E-state index contributed by atoms with van der Waals surface area (Å²) in [5.74, 6) is 0.696. The summed E-state index contributed by atoms with van der Waals surface area (Å²) >= 11 is 0. The minimum Gasteiger partial charge on any atom is -0.400 e. The van der Waals surface area contributed by atoms with E-state index in [1.807, 2.05) is 33.9 Å². The average molecular weight is 551 g/mol. The number of ketones is 1. The summed E-state index contributed by atoms with van der Waals surface area (Å²) in [7, 11) is 5.13. The van der Waals surface area contributed by atoms with Gasteiger partial charge in [0.1, 0.15) is 17.8 Å². The second-order valence-corrected chi connectivity index (χ2v) is 9.17. The molecule has 0 aliphatic carbocycles. The molecule has 9 nitrogen and oxygen atoms in total. The summed E-state index contributed by atoms with van der Waals surface area (Å²) in [5, 5.41) is 7.00. The number of benzene rings is 1. The van der Waals surface area contributed by atoms with Gasteiger partial charge in [0.05, 0.1) is 20.2 Å². The number of amides is 1. The van der Waals surface area contributed by atoms with Crippen molar-refractivity contribution < 1.29 is 33.5 Å². The number of Topliss-reactive ketones (excluding diaryl/α,β-unsaturated/α-hetero) is 1. The van der Waals surface area contributed by atoms with Crippen LogP contribution in [0.5, 0.6) is 0 Å². The third-order valence-corrected chi connectivity index (χ3v) is 5.60. The molecule has 0 radical (unpaired) electrons. The third kappa shape index (κ3) is 19.7. The average Bonchev–Trinajstić information content (AvgIpc) is 3.44. The van der Waals surface area contributed by atoms with Crippen LogP contribution in [-0.2, 0) is 14.3 Å². The molecule has 1 heterocycles. The number of carbonyl (C=O) groups excluding carboxylic acids is 4. The fraction of sp³-hybridized carbons (Fsp3) is 0.567. The maximum Gasteiger partial charge on any atom is 0.234 e. The molecule has 0 aromatic heterocycles. The molecule has 1 aromatic rings. The summed E-state index contributed by atoms with van der Waals surface area (Å²) in [5.41, 5.74) is 6.45. The van der Waals surface area contributed by atoms with Gasteiger partial charge in [-0.3, -0.25) is 23.7 Å². The molecule has 1 saturated heterocycles. The van der Waals surface area contributed by atoms with Crippen LogP contribution in [0.4, 0.5) is 0 Å². The van der Waals surface area contributed by atoms with Crippen LogP contribution in [0.1, 0.15) is 94.4 Å². The number of amidine groups is 1. The number of carbonyl (C=O) groups is 4. The first-order chi connectivity index (χ1) is 18.5. The summed E-state index contributed by atoms with van der Waals surface area (Å²) in [6.45, 7) is 11.6. The number of hydrogen-bond donors (Lipinski definition) is 2. The largest absolute Gasteiger partial charge is 0.400 e. The summed E-state index contributed by atoms with van der Waals surface area (Å²) < 4.78 is 6.69. The Labute approximate surface area is 235 Å². The zero-order chi connectivity index (χ0) is 30.9. The number of ether oxygens (including phenoxy) is 1. The van der Waals surface area contributed by atoms with Gasteiger partial charge in [0.2, 0.25) is 6.41 Å². The summed E-state index contributed by atoms with van der Waals surface area (Å²) in [4.78, 5) is 44.3. The highest BCUT2D eigenvalue weighted by Gasteiger charge is 2.35. The Kier molecular flexibility index (Phi) is 26.2. The van der Waals surface area contributed by atoms with Gasteiger partial charge >= 0.3 is 0 Å². The normalized spacial score (nSPS) is 16.2. The lowest BCUT2D eigenvalue weighted by atomic mass is 10.1. The number of hydrogen-bond acceptors (Lipinski definition) is 6. The maximum absolute atomic E-state index is 10.2. The minimum atomic E-state index is 0.155. The zero-order valence-corrected chi connectivity index (χ0v) is 25.4. The van der Waals surface area contributed by atoms with E-state index in [2.05, 4.69) is 26.0 Å². The predicted molar refractivity (Wildman–Crippen MR) is 159 cm³/mol. The van der Waals surface area contributed by atoms with Gasteiger partial charge in [-0.1, -0.05) is 71.7 Å². The second-order valence-electron chi connectivity index (χ2n) is 9.17. The Bertz CT molecular complexity index is 839. The molecule has 1 fully saturated rings. The quantitative estimate of drug-likeness (QED) is 0.182. The Morgan fingerprint density at radius 3 is 1.97 bits per heavy atom. The fourth-order valence-corrected chi connectivity index (χ4v) is 3.01. The van der Waals surface area contributed by atoms with Crippen LogP contribution in [0.3, 0.4) is 0 Å². The van der Waals surface area contributed by atoms with E-state index in [0.717, 1.165) is 26.4 Å². The molecule has 39 heavy (non-hydrogen) atoms. The lowest BCUT2D eigenvalue weighted by molar-refractivity contribution is -0.889. The number of rotatable bonds is 10. The lowest BCUT2D eigenvalue weighted by Gasteiger charge is -2.31. The van der Waals surface area contributed by atoms with Crippen molar-refractivity contribution in [3.63, 3.8) is 0 Å². The molecule has 0 spiro atoms. The summed E-state index contributed by atoms with van der Waals surface area (Å²) in [6.07, 6.45) is 11.7. The smallest absolute Gasteiger partial charge is 0.234 e. The van der Waals surface area contributed by atoms with Crippen LogP contribution in [0.25, 0.3) is 0 Å². The van der Waals surface area contributed by atoms with E-state index < -0.39 is 0 Å². The van der Waals surface area contributed by atoms with E-state index in [-0.39, 0.29) is 23.8 Å². The SMILES string of the molecule is CC.CC(=O)C(C)C.CCCCC1CCC([N+](C)(C)/C=C\C(N)=NC=O)O1.CO.O=Cc1ccccc1C=O. The maximum atomic E-state index is 10.2. The number of nitrogens with zero attached hydrogens (tertiary/aromatic N) is 2. The predicted octanol–water partition coefficient (Wildman–Crippen LogP) is 4.96. The van der Waals surface area contributed by atoms with E-state index in [1.54, 1.807) is 37.3 Å². The van der Waals surface area contributed by atoms with E-state index in [1.165, 1.54) is 12.8 Å². The minimum absolute atomic E-state index is 0.155. The van der Waals surface area contributed by atoms with Gasteiger partial charge in [-0.25, -0.2) is 0 Å². The Hall–Kier alpha value is -3.01. The van der Waals surface area contributed by atoms with Gasteiger partial charge in [-0.05, 0) is 19.8 Å². The van der Waals surface area contributed by atoms with Crippen LogP contribution in [-0.4, -0.2) is 73.7 Å². The second kappa shape index (κ2) is 25.3. The van der Waals surface area contributed by atoms with Gasteiger partial charge < -0.3 is 15.6 Å². The van der Waals surface area contributed by atoms with Crippen LogP contribution >= 0.6 is 0 Å². The fourth-order valence-electron chi connectivity index (χ4n) is 3.01. The van der Waals surface area contributed by atoms with Crippen LogP contribution in [0.15, 0.2) is 41.5 Å². The molecular weight excluding hydrogens is 498 g/mol. The molecule has 1 aromatic carbocycles. The van der Waals surface area contributed by atoms with Crippen molar-refractivity contribution >= 4 is 30.6 Å². The number of unbranched alkanes of at least 4 members (excludes halogenated alkanes) is 1. The molecule has 2 rings (SSSR count). The van der Waals surface area contributed by atoms with Crippen molar-refractivity contribution in [2.24, 2.45) is 16.6 Å². The van der Waals surface area contributed by atoms with Crippen molar-refractivity contribution in [1.29, 1.82) is 0 Å². The topological polar surface area (TPSA) is 136 Å². The molecule has 3 N–H and O–H groups in total. The van der Waals surface area contributed by atoms with Crippen LogP contribution in [0.2, 0.25) is 0 Å². The van der Waals surface area contributed by atoms with E-state index in [9.17, 15) is 19.2 Å². The number of quaternary nitrogens is 1. The first-order valence-electron chi connectivity index (χ1n) is 13.4. The molecule has 2 unspecified atom stereocenters. The highest BCUT2D eigenvalue weighted by atomic mass is 16.5. The van der Waals surface area contributed by atoms with Gasteiger partial charge in [0.25, 0.3) is 0 Å². The molecule has 9 heteroatoms. The Morgan fingerprint density at radius 2 is 1.59 bits per heavy atom. The monoisotopic (exact) mass is 550 g/mol. The Morgan fingerprint density at radius 1 is 1.10 bits per heavy atom. The van der Waals surface area contributed by atoms with Crippen molar-refractivity contribution in [3.8, 4) is 0 Å². The standard InChI is InChI=1S/C14H25N3O2.C8H6O2.C5H10O.C2H6.CH4O/c1-4-5-6-12-7-8-14(19-12)17(2,3)10-9-13(15)16-11-18;9-5-7-3-1-2-4-8(7)6-10;1-4(2)5(3)6;2*1-2/h9-12,14H,4-8H2,1-3H3,(H-,15,16,18);1-6H;4H,1-3H3;1-2H3;2H,1H3/p+1/b10-9-;;;;. The first-order valence-corrected chi connectivity index (χ1v) is 13.4. The van der Waals surface area contributed by atoms with Crippen molar-refractivity contribution in [2.45, 2.75) is 86.0 Å². The lowest BCUT2D eigenvalue weighted by Crippen LogP contribution is -2.44. The van der Waals surface area contributed by atoms with Gasteiger partial charge in [0, 0.05) is 36.7 Å². The number of aliphatic hydroxyl groups is 1. The van der Waals surface area contributed by atoms with Crippen molar-refractivity contribution in [3.05, 3.63) is 47.7 Å². The highest BCUT2D eigenvalue weighted by Crippen LogP contribution is 2.28. The van der Waals surface area contributed by atoms with Gasteiger partial charge in [0.15, 0.2) is 18.8 Å². The first kappa shape index (κ1) is 40.5. The number of nitrogens with two attached hydrogens (primary N) is 1. The molecule has 2 atom stereocenters. The number of aliphatic imine (C=N–C) groups is 1. The van der Waals surface area contributed by atoms with E-state index in [0.29, 0.717) is 40.7 Å². The molecule has 0 bridgehead atoms. The number of aldehydes is 2. The molecule has 1 amide bonds. The van der Waals surface area contributed by atoms with Crippen LogP contribution in [0, 0.1) is 5.92 Å². The summed E-state index contributed by atoms with van der Waals surface area (Å²) in [6, 6.07) is 6.65. The molecule has 1 aliphatic rings. The third-order valence-electron chi connectivity index (χ3n) is 5.60. The zero-order valence-electron chi connectivity index (χ0n) is 25.4. The highest BCUT2D eigenvalue weighted by molar-refractivity contribution is 5.95. The van der Waals surface area contributed by atoms with Crippen molar-refractivity contribution in [1.82, 2.24) is 0 Å². The van der Waals surface area contributed by atoms with Gasteiger partial charge in [-0.2, -0.15) is 4.99 Å². The van der Waals surface area contributed by atoms with E-state index in [4.69, 9.17) is 15.6 Å². The van der Waals surface area contributed by atoms with E-state index >= 15 is 0 Å². The molecule has 0 saturated carbocycles. The number of aliphatic hydroxyl groups excluding tert-OH is 1. The van der Waals surface area contributed by atoms with Crippen LogP contribution < -0.4 is 5.73 Å². The van der Waals surface area contributed by atoms with Crippen molar-refractivity contribution in [2.75, 3.05) is 21.2 Å². The molecular formula is C30H52N3O6+. The molecule has 222 valence electrons. The Balaban J connectivity index is -0.000000540.